The van der Waals surface area contributed by atoms with Gasteiger partial charge in [-0.05, 0) is 11.4 Å². The number of primary amides is 1. The molecule has 1 amide bonds. The van der Waals surface area contributed by atoms with Crippen molar-refractivity contribution >= 4 is 28.8 Å². The van der Waals surface area contributed by atoms with Gasteiger partial charge in [0, 0.05) is 23.2 Å². The van der Waals surface area contributed by atoms with Crippen LogP contribution < -0.4 is 11.1 Å². The summed E-state index contributed by atoms with van der Waals surface area (Å²) < 4.78 is 0. The van der Waals surface area contributed by atoms with Gasteiger partial charge in [0.25, 0.3) is 5.91 Å². The van der Waals surface area contributed by atoms with E-state index in [-0.39, 0.29) is 17.3 Å². The molecule has 2 rings (SSSR count). The van der Waals surface area contributed by atoms with Crippen molar-refractivity contribution in [2.75, 3.05) is 5.32 Å². The molecule has 0 saturated carbocycles. The molecule has 2 heterocycles. The van der Waals surface area contributed by atoms with E-state index in [1.54, 1.807) is 11.4 Å². The fourth-order valence-electron chi connectivity index (χ4n) is 1.29. The largest absolute Gasteiger partial charge is 0.364 e. The van der Waals surface area contributed by atoms with Crippen molar-refractivity contribution in [2.45, 2.75) is 0 Å². The predicted octanol–water partition coefficient (Wildman–Crippen LogP) is 1.38. The predicted molar refractivity (Wildman–Crippen MR) is 68.5 cm³/mol. The van der Waals surface area contributed by atoms with Crippen LogP contribution in [0.25, 0.3) is 0 Å². The minimum Gasteiger partial charge on any atom is -0.364 e. The van der Waals surface area contributed by atoms with Crippen LogP contribution in [0.15, 0.2) is 35.4 Å². The Labute approximate surface area is 107 Å². The van der Waals surface area contributed by atoms with Crippen LogP contribution in [0, 0.1) is 0 Å². The third-order valence-corrected chi connectivity index (χ3v) is 2.83. The highest BCUT2D eigenvalue weighted by molar-refractivity contribution is 7.08. The molecule has 7 heteroatoms. The smallest absolute Gasteiger partial charge is 0.269 e. The zero-order valence-electron chi connectivity index (χ0n) is 9.21. The number of carbonyl (C=O) groups excluding carboxylic acids is 2. The number of H-pyrrole nitrogens is 1. The lowest BCUT2D eigenvalue weighted by atomic mass is 10.2. The van der Waals surface area contributed by atoms with E-state index >= 15 is 0 Å². The fourth-order valence-corrected chi connectivity index (χ4v) is 1.93. The summed E-state index contributed by atoms with van der Waals surface area (Å²) in [6, 6.07) is 1.74. The van der Waals surface area contributed by atoms with Crippen molar-refractivity contribution in [1.82, 2.24) is 9.97 Å². The van der Waals surface area contributed by atoms with E-state index in [4.69, 9.17) is 5.73 Å². The van der Waals surface area contributed by atoms with E-state index in [0.29, 0.717) is 5.56 Å². The number of imidazole rings is 1. The monoisotopic (exact) mass is 262 g/mol. The maximum atomic E-state index is 11.6. The first-order valence-corrected chi connectivity index (χ1v) is 5.95. The molecule has 0 aliphatic rings. The van der Waals surface area contributed by atoms with Crippen LogP contribution in [-0.4, -0.2) is 21.7 Å². The van der Waals surface area contributed by atoms with Gasteiger partial charge >= 0.3 is 0 Å². The van der Waals surface area contributed by atoms with Crippen LogP contribution in [0.5, 0.6) is 0 Å². The third kappa shape index (κ3) is 2.64. The van der Waals surface area contributed by atoms with Gasteiger partial charge in [0.15, 0.2) is 11.6 Å². The van der Waals surface area contributed by atoms with Crippen molar-refractivity contribution in [2.24, 2.45) is 5.73 Å². The Hall–Kier alpha value is -2.41. The number of rotatable bonds is 5. The number of hydrogen-bond donors (Lipinski definition) is 3. The number of aromatic amines is 1. The number of nitrogens with zero attached hydrogens (tertiary/aromatic N) is 1. The van der Waals surface area contributed by atoms with Gasteiger partial charge in [-0.1, -0.05) is 0 Å². The summed E-state index contributed by atoms with van der Waals surface area (Å²) in [6.45, 7) is 0. The lowest BCUT2D eigenvalue weighted by Gasteiger charge is -1.97. The van der Waals surface area contributed by atoms with Gasteiger partial charge in [0.2, 0.25) is 0 Å². The summed E-state index contributed by atoms with van der Waals surface area (Å²) in [7, 11) is 0. The summed E-state index contributed by atoms with van der Waals surface area (Å²) in [4.78, 5) is 29.1. The second kappa shape index (κ2) is 5.28. The average molecular weight is 262 g/mol. The van der Waals surface area contributed by atoms with Crippen LogP contribution in [0.1, 0.15) is 20.8 Å². The highest BCUT2D eigenvalue weighted by Gasteiger charge is 2.09. The fraction of sp³-hybridized carbons (Fsp3) is 0. The number of amides is 1. The van der Waals surface area contributed by atoms with Crippen LogP contribution in [0.3, 0.4) is 0 Å². The molecule has 0 fully saturated rings. The number of ketones is 1. The minimum atomic E-state index is -0.618. The van der Waals surface area contributed by atoms with Crippen LogP contribution in [0.2, 0.25) is 0 Å². The summed E-state index contributed by atoms with van der Waals surface area (Å²) in [5.41, 5.74) is 5.92. The van der Waals surface area contributed by atoms with Crippen molar-refractivity contribution in [3.8, 4) is 0 Å². The second-order valence-corrected chi connectivity index (χ2v) is 4.12. The maximum Gasteiger partial charge on any atom is 0.269 e. The molecule has 0 aliphatic carbocycles. The van der Waals surface area contributed by atoms with Crippen LogP contribution in [-0.2, 0) is 0 Å². The average Bonchev–Trinajstić information content (AvgIpc) is 2.99. The van der Waals surface area contributed by atoms with Gasteiger partial charge in [-0.15, -0.1) is 0 Å². The first kappa shape index (κ1) is 12.1. The van der Waals surface area contributed by atoms with Crippen molar-refractivity contribution < 1.29 is 9.59 Å². The number of anilines is 1. The van der Waals surface area contributed by atoms with Gasteiger partial charge in [0.05, 0.1) is 6.33 Å². The first-order chi connectivity index (χ1) is 8.68. The van der Waals surface area contributed by atoms with E-state index in [0.717, 1.165) is 0 Å². The number of nitrogens with two attached hydrogens (primary N) is 1. The zero-order valence-corrected chi connectivity index (χ0v) is 10.0. The standard InChI is InChI=1S/C11H10N4O2S/c12-10(17)9-11(15-6-14-9)13-3-1-8(16)7-2-4-18-5-7/h1-6,13H,(H2,12,17)(H,14,15)/b3-1+. The molecule has 2 aromatic heterocycles. The molecule has 0 aliphatic heterocycles. The molecule has 2 aromatic rings. The van der Waals surface area contributed by atoms with Crippen molar-refractivity contribution in [3.63, 3.8) is 0 Å². The molecule has 0 saturated heterocycles. The molecule has 4 N–H and O–H groups in total. The Bertz CT molecular complexity index is 586. The van der Waals surface area contributed by atoms with E-state index in [1.165, 1.54) is 29.9 Å². The summed E-state index contributed by atoms with van der Waals surface area (Å²) in [5.74, 6) is -0.454. The van der Waals surface area contributed by atoms with Gasteiger partial charge in [-0.25, -0.2) is 4.98 Å². The molecule has 0 bridgehead atoms. The SMILES string of the molecule is NC(=O)c1[nH]cnc1N/C=C/C(=O)c1ccsc1. The molecule has 18 heavy (non-hydrogen) atoms. The topological polar surface area (TPSA) is 101 Å². The number of carbonyl (C=O) groups is 2. The Morgan fingerprint density at radius 3 is 3.00 bits per heavy atom. The number of thiophene rings is 1. The van der Waals surface area contributed by atoms with Crippen molar-refractivity contribution in [1.29, 1.82) is 0 Å². The molecule has 0 spiro atoms. The van der Waals surface area contributed by atoms with Gasteiger partial charge in [-0.3, -0.25) is 9.59 Å². The Morgan fingerprint density at radius 2 is 2.33 bits per heavy atom. The number of nitrogens with one attached hydrogen (secondary N) is 2. The first-order valence-electron chi connectivity index (χ1n) is 5.01. The van der Waals surface area contributed by atoms with Crippen molar-refractivity contribution in [3.05, 3.63) is 46.7 Å². The summed E-state index contributed by atoms with van der Waals surface area (Å²) in [6.07, 6.45) is 4.13. The van der Waals surface area contributed by atoms with Gasteiger partial charge in [-0.2, -0.15) is 11.3 Å². The maximum absolute atomic E-state index is 11.6. The van der Waals surface area contributed by atoms with Gasteiger partial charge in [0.1, 0.15) is 5.69 Å². The van der Waals surface area contributed by atoms with Crippen LogP contribution >= 0.6 is 11.3 Å². The lowest BCUT2D eigenvalue weighted by molar-refractivity contribution is 0.0995. The molecule has 6 nitrogen and oxygen atoms in total. The number of aromatic nitrogens is 2. The Balaban J connectivity index is 2.01. The normalized spacial score (nSPS) is 10.7. The highest BCUT2D eigenvalue weighted by atomic mass is 32.1. The molecule has 0 atom stereocenters. The highest BCUT2D eigenvalue weighted by Crippen LogP contribution is 2.09. The second-order valence-electron chi connectivity index (χ2n) is 3.34. The molecule has 0 unspecified atom stereocenters. The van der Waals surface area contributed by atoms with E-state index in [2.05, 4.69) is 15.3 Å². The van der Waals surface area contributed by atoms with E-state index in [1.807, 2.05) is 5.38 Å². The molecule has 0 radical (unpaired) electrons. The number of allylic oxidation sites excluding steroid dienone is 1. The molecular formula is C11H10N4O2S. The van der Waals surface area contributed by atoms with E-state index < -0.39 is 5.91 Å². The zero-order chi connectivity index (χ0) is 13.0. The Kier molecular flexibility index (Phi) is 3.54. The molecular weight excluding hydrogens is 252 g/mol. The van der Waals surface area contributed by atoms with Gasteiger partial charge < -0.3 is 16.0 Å². The molecule has 0 aromatic carbocycles. The van der Waals surface area contributed by atoms with E-state index in [9.17, 15) is 9.59 Å². The third-order valence-electron chi connectivity index (χ3n) is 2.15. The Morgan fingerprint density at radius 1 is 1.50 bits per heavy atom. The minimum absolute atomic E-state index is 0.125. The number of hydrogen-bond acceptors (Lipinski definition) is 5. The lowest BCUT2D eigenvalue weighted by Crippen LogP contribution is -2.13. The summed E-state index contributed by atoms with van der Waals surface area (Å²) >= 11 is 1.45. The summed E-state index contributed by atoms with van der Waals surface area (Å²) in [5, 5.41) is 6.31. The molecule has 92 valence electrons. The van der Waals surface area contributed by atoms with Crippen LogP contribution in [0.4, 0.5) is 5.82 Å². The quantitative estimate of drug-likeness (QED) is 0.559.